The number of hydrogen-bond donors (Lipinski definition) is 1. The van der Waals surface area contributed by atoms with Crippen molar-refractivity contribution in [2.75, 3.05) is 13.2 Å². The van der Waals surface area contributed by atoms with E-state index in [1.54, 1.807) is 20.8 Å². The van der Waals surface area contributed by atoms with Crippen LogP contribution < -0.4 is 5.32 Å². The third-order valence-corrected chi connectivity index (χ3v) is 4.51. The standard InChI is InChI=1S/C21H31NO6/c1-5-12-17(22-20(25)28-15-16-13-10-9-11-14-16)21(6-2,18(23)26-7-3)19(24)27-8-4/h9-11,13-14,17H,5-8,12,15H2,1-4H3,(H,22,25). The largest absolute Gasteiger partial charge is 0.465 e. The molecule has 0 aliphatic carbocycles. The molecule has 0 spiro atoms. The molecule has 1 rings (SSSR count). The first-order valence-corrected chi connectivity index (χ1v) is 9.77. The molecule has 1 aromatic carbocycles. The molecule has 0 radical (unpaired) electrons. The number of amides is 1. The van der Waals surface area contributed by atoms with Crippen molar-refractivity contribution >= 4 is 18.0 Å². The third kappa shape index (κ3) is 5.97. The van der Waals surface area contributed by atoms with E-state index in [1.165, 1.54) is 0 Å². The zero-order chi connectivity index (χ0) is 21.0. The monoisotopic (exact) mass is 393 g/mol. The number of benzene rings is 1. The van der Waals surface area contributed by atoms with Crippen LogP contribution in [0.3, 0.4) is 0 Å². The molecule has 1 atom stereocenters. The molecule has 156 valence electrons. The van der Waals surface area contributed by atoms with Gasteiger partial charge in [0, 0.05) is 0 Å². The Hall–Kier alpha value is -2.57. The summed E-state index contributed by atoms with van der Waals surface area (Å²) in [5.41, 5.74) is -0.782. The molecule has 0 heterocycles. The Balaban J connectivity index is 3.03. The summed E-state index contributed by atoms with van der Waals surface area (Å²) in [6, 6.07) is 8.44. The number of alkyl carbamates (subject to hydrolysis) is 1. The Labute approximate surface area is 166 Å². The minimum atomic E-state index is -1.62. The molecule has 1 amide bonds. The number of carbonyl (C=O) groups is 3. The van der Waals surface area contributed by atoms with Crippen LogP contribution in [-0.4, -0.2) is 37.3 Å². The van der Waals surface area contributed by atoms with Gasteiger partial charge in [0.1, 0.15) is 6.61 Å². The number of nitrogens with one attached hydrogen (secondary N) is 1. The summed E-state index contributed by atoms with van der Waals surface area (Å²) in [6.45, 7) is 7.27. The van der Waals surface area contributed by atoms with Gasteiger partial charge >= 0.3 is 18.0 Å². The number of hydrogen-bond acceptors (Lipinski definition) is 6. The maximum atomic E-state index is 12.8. The molecule has 1 aromatic rings. The van der Waals surface area contributed by atoms with E-state index < -0.39 is 29.5 Å². The van der Waals surface area contributed by atoms with E-state index in [0.717, 1.165) is 5.56 Å². The lowest BCUT2D eigenvalue weighted by atomic mass is 9.75. The van der Waals surface area contributed by atoms with Gasteiger partial charge in [0.25, 0.3) is 0 Å². The van der Waals surface area contributed by atoms with Crippen molar-refractivity contribution in [1.82, 2.24) is 5.32 Å². The second-order valence-corrected chi connectivity index (χ2v) is 6.31. The molecule has 0 saturated carbocycles. The molecule has 0 aromatic heterocycles. The van der Waals surface area contributed by atoms with E-state index in [-0.39, 0.29) is 26.2 Å². The third-order valence-electron chi connectivity index (χ3n) is 4.51. The fourth-order valence-electron chi connectivity index (χ4n) is 3.06. The normalized spacial score (nSPS) is 12.0. The lowest BCUT2D eigenvalue weighted by molar-refractivity contribution is -0.175. The molecular weight excluding hydrogens is 362 g/mol. The Bertz CT molecular complexity index is 613. The Morgan fingerprint density at radius 1 is 0.929 bits per heavy atom. The van der Waals surface area contributed by atoms with Crippen LogP contribution in [0.4, 0.5) is 4.79 Å². The summed E-state index contributed by atoms with van der Waals surface area (Å²) >= 11 is 0. The van der Waals surface area contributed by atoms with Crippen LogP contribution in [0, 0.1) is 5.41 Å². The number of esters is 2. The average Bonchev–Trinajstić information content (AvgIpc) is 2.69. The van der Waals surface area contributed by atoms with Crippen molar-refractivity contribution in [1.29, 1.82) is 0 Å². The Morgan fingerprint density at radius 3 is 1.96 bits per heavy atom. The van der Waals surface area contributed by atoms with Gasteiger partial charge in [-0.3, -0.25) is 9.59 Å². The van der Waals surface area contributed by atoms with Crippen LogP contribution in [0.2, 0.25) is 0 Å². The van der Waals surface area contributed by atoms with Gasteiger partial charge < -0.3 is 19.5 Å². The van der Waals surface area contributed by atoms with Crippen LogP contribution in [0.1, 0.15) is 52.5 Å². The van der Waals surface area contributed by atoms with Crippen molar-refractivity contribution in [2.45, 2.75) is 59.6 Å². The predicted octanol–water partition coefficient (Wildman–Crippen LogP) is 3.60. The maximum absolute atomic E-state index is 12.8. The van der Waals surface area contributed by atoms with Crippen molar-refractivity contribution in [3.63, 3.8) is 0 Å². The molecule has 28 heavy (non-hydrogen) atoms. The van der Waals surface area contributed by atoms with Crippen molar-refractivity contribution in [3.8, 4) is 0 Å². The van der Waals surface area contributed by atoms with Crippen molar-refractivity contribution in [2.24, 2.45) is 5.41 Å². The van der Waals surface area contributed by atoms with E-state index in [1.807, 2.05) is 37.3 Å². The number of carbonyl (C=O) groups excluding carboxylic acids is 3. The highest BCUT2D eigenvalue weighted by molar-refractivity contribution is 6.01. The molecule has 0 saturated heterocycles. The van der Waals surface area contributed by atoms with Crippen LogP contribution in [0.15, 0.2) is 30.3 Å². The molecule has 0 aliphatic rings. The van der Waals surface area contributed by atoms with Gasteiger partial charge in [0.05, 0.1) is 19.3 Å². The molecule has 0 aliphatic heterocycles. The topological polar surface area (TPSA) is 90.9 Å². The minimum absolute atomic E-state index is 0.0868. The van der Waals surface area contributed by atoms with Gasteiger partial charge in [-0.15, -0.1) is 0 Å². The quantitative estimate of drug-likeness (QED) is 0.351. The maximum Gasteiger partial charge on any atom is 0.407 e. The second-order valence-electron chi connectivity index (χ2n) is 6.31. The first-order chi connectivity index (χ1) is 13.5. The molecule has 7 heteroatoms. The molecule has 1 N–H and O–H groups in total. The lowest BCUT2D eigenvalue weighted by Gasteiger charge is -2.35. The van der Waals surface area contributed by atoms with Gasteiger partial charge in [0.15, 0.2) is 5.41 Å². The summed E-state index contributed by atoms with van der Waals surface area (Å²) in [4.78, 5) is 37.9. The minimum Gasteiger partial charge on any atom is -0.465 e. The summed E-state index contributed by atoms with van der Waals surface area (Å²) in [7, 11) is 0. The molecule has 0 fully saturated rings. The van der Waals surface area contributed by atoms with Crippen LogP contribution in [-0.2, 0) is 30.4 Å². The first kappa shape index (κ1) is 23.5. The van der Waals surface area contributed by atoms with E-state index in [4.69, 9.17) is 14.2 Å². The second kappa shape index (κ2) is 12.0. The van der Waals surface area contributed by atoms with Crippen molar-refractivity contribution < 1.29 is 28.6 Å². The van der Waals surface area contributed by atoms with Crippen LogP contribution >= 0.6 is 0 Å². The Morgan fingerprint density at radius 2 is 1.50 bits per heavy atom. The van der Waals surface area contributed by atoms with Gasteiger partial charge in [0.2, 0.25) is 0 Å². The van der Waals surface area contributed by atoms with Gasteiger partial charge in [-0.2, -0.15) is 0 Å². The van der Waals surface area contributed by atoms with Gasteiger partial charge in [-0.1, -0.05) is 50.6 Å². The highest BCUT2D eigenvalue weighted by Gasteiger charge is 2.54. The van der Waals surface area contributed by atoms with Crippen LogP contribution in [0.25, 0.3) is 0 Å². The smallest absolute Gasteiger partial charge is 0.407 e. The SMILES string of the molecule is CCCC(NC(=O)OCc1ccccc1)C(CC)(C(=O)OCC)C(=O)OCC. The summed E-state index contributed by atoms with van der Waals surface area (Å²) in [6.07, 6.45) is 0.471. The zero-order valence-corrected chi connectivity index (χ0v) is 17.2. The van der Waals surface area contributed by atoms with E-state index in [0.29, 0.717) is 12.8 Å². The first-order valence-electron chi connectivity index (χ1n) is 9.77. The molecule has 1 unspecified atom stereocenters. The van der Waals surface area contributed by atoms with Gasteiger partial charge in [-0.25, -0.2) is 4.79 Å². The fourth-order valence-corrected chi connectivity index (χ4v) is 3.06. The van der Waals surface area contributed by atoms with Crippen LogP contribution in [0.5, 0.6) is 0 Å². The summed E-state index contributed by atoms with van der Waals surface area (Å²) < 4.78 is 15.6. The average molecular weight is 393 g/mol. The highest BCUT2D eigenvalue weighted by Crippen LogP contribution is 2.33. The lowest BCUT2D eigenvalue weighted by Crippen LogP contribution is -2.57. The molecular formula is C21H31NO6. The Kier molecular flexibility index (Phi) is 10.1. The van der Waals surface area contributed by atoms with E-state index >= 15 is 0 Å². The summed E-state index contributed by atoms with van der Waals surface area (Å²) in [5.74, 6) is -1.39. The molecule has 7 nitrogen and oxygen atoms in total. The zero-order valence-electron chi connectivity index (χ0n) is 17.2. The van der Waals surface area contributed by atoms with E-state index in [2.05, 4.69) is 5.32 Å². The van der Waals surface area contributed by atoms with Gasteiger partial charge in [-0.05, 0) is 32.3 Å². The highest BCUT2D eigenvalue weighted by atomic mass is 16.6. The fraction of sp³-hybridized carbons (Fsp3) is 0.571. The number of ether oxygens (including phenoxy) is 3. The number of rotatable bonds is 11. The summed E-state index contributed by atoms with van der Waals surface area (Å²) in [5, 5.41) is 2.70. The predicted molar refractivity (Wildman–Crippen MR) is 104 cm³/mol. The van der Waals surface area contributed by atoms with E-state index in [9.17, 15) is 14.4 Å². The van der Waals surface area contributed by atoms with Crippen molar-refractivity contribution in [3.05, 3.63) is 35.9 Å². The molecule has 0 bridgehead atoms.